The lowest BCUT2D eigenvalue weighted by Gasteiger charge is -2.16. The first-order chi connectivity index (χ1) is 25.7. The van der Waals surface area contributed by atoms with Crippen molar-refractivity contribution in [3.8, 4) is 0 Å². The van der Waals surface area contributed by atoms with Gasteiger partial charge in [-0.25, -0.2) is 0 Å². The lowest BCUT2D eigenvalue weighted by Crippen LogP contribution is -1.98. The van der Waals surface area contributed by atoms with E-state index in [0.717, 1.165) is 0 Å². The number of thiophene rings is 4. The molecule has 0 aliphatic rings. The molecule has 4 heteroatoms. The van der Waals surface area contributed by atoms with E-state index in [1.165, 1.54) is 176 Å². The third kappa shape index (κ3) is 7.71. The summed E-state index contributed by atoms with van der Waals surface area (Å²) >= 11 is 8.33. The van der Waals surface area contributed by atoms with Gasteiger partial charge in [-0.3, -0.25) is 0 Å². The summed E-state index contributed by atoms with van der Waals surface area (Å²) < 4.78 is 6.48. The molecule has 0 radical (unpaired) electrons. The minimum absolute atomic E-state index is 1.25. The molecule has 0 aliphatic carbocycles. The van der Waals surface area contributed by atoms with Gasteiger partial charge in [-0.2, -0.15) is 0 Å². The quantitative estimate of drug-likeness (QED) is 0.0537. The molecule has 0 N–H and O–H groups in total. The Morgan fingerprint density at radius 1 is 0.288 bits per heavy atom. The van der Waals surface area contributed by atoms with Gasteiger partial charge in [0.25, 0.3) is 0 Å². The zero-order valence-electron chi connectivity index (χ0n) is 32.9. The van der Waals surface area contributed by atoms with Crippen LogP contribution in [0.1, 0.15) is 178 Å². The second-order valence-electron chi connectivity index (χ2n) is 16.0. The molecule has 0 fully saturated rings. The maximum absolute atomic E-state index is 2.59. The molecule has 52 heavy (non-hydrogen) atoms. The molecule has 0 aliphatic heterocycles. The Hall–Kier alpha value is -1.72. The highest BCUT2D eigenvalue weighted by Crippen LogP contribution is 2.53. The van der Waals surface area contributed by atoms with E-state index in [9.17, 15) is 0 Å². The monoisotopic (exact) mass is 768 g/mol. The van der Waals surface area contributed by atoms with E-state index in [1.54, 1.807) is 62.6 Å². The lowest BCUT2D eigenvalue weighted by atomic mass is 9.88. The third-order valence-corrected chi connectivity index (χ3v) is 16.3. The van der Waals surface area contributed by atoms with E-state index < -0.39 is 0 Å². The summed E-state index contributed by atoms with van der Waals surface area (Å²) in [4.78, 5) is 0. The van der Waals surface area contributed by atoms with Crippen molar-refractivity contribution in [3.05, 3.63) is 43.8 Å². The summed E-state index contributed by atoms with van der Waals surface area (Å²) in [6.07, 6.45) is 32.1. The van der Waals surface area contributed by atoms with Gasteiger partial charge in [0.15, 0.2) is 0 Å². The Balaban J connectivity index is 1.43. The minimum Gasteiger partial charge on any atom is -0.143 e. The first kappa shape index (κ1) is 38.6. The minimum atomic E-state index is 1.25. The van der Waals surface area contributed by atoms with Crippen LogP contribution in [0.3, 0.4) is 0 Å². The van der Waals surface area contributed by atoms with E-state index in [1.807, 2.05) is 0 Å². The molecule has 0 saturated carbocycles. The smallest absolute Gasteiger partial charge is 0.0391 e. The second-order valence-corrected chi connectivity index (χ2v) is 19.5. The molecule has 0 saturated heterocycles. The van der Waals surface area contributed by atoms with Gasteiger partial charge >= 0.3 is 0 Å². The van der Waals surface area contributed by atoms with Gasteiger partial charge in [0.1, 0.15) is 0 Å². The Morgan fingerprint density at radius 3 is 0.712 bits per heavy atom. The average Bonchev–Trinajstić information content (AvgIpc) is 3.96. The SMILES string of the molecule is CCCCCCCc1c(CCCCCCC)c2scc3c4csc5c(CCCCCCC)c(CCCCCCC)c6scc(c7csc1c7c23)c6c54. The number of hydrogen-bond donors (Lipinski definition) is 0. The molecular formula is C48H64S4. The predicted octanol–water partition coefficient (Wildman–Crippen LogP) is 18.3. The van der Waals surface area contributed by atoms with Crippen LogP contribution in [-0.4, -0.2) is 0 Å². The number of unbranched alkanes of at least 4 members (excludes halogenated alkanes) is 16. The van der Waals surface area contributed by atoms with Crippen LogP contribution in [0.15, 0.2) is 21.5 Å². The van der Waals surface area contributed by atoms with Crippen molar-refractivity contribution in [3.63, 3.8) is 0 Å². The molecule has 3 aromatic carbocycles. The summed E-state index contributed by atoms with van der Waals surface area (Å²) in [5.41, 5.74) is 6.86. The molecule has 0 bridgehead atoms. The molecular weight excluding hydrogens is 705 g/mol. The van der Waals surface area contributed by atoms with Gasteiger partial charge in [0.05, 0.1) is 0 Å². The molecule has 0 atom stereocenters. The van der Waals surface area contributed by atoms with Crippen molar-refractivity contribution < 1.29 is 0 Å². The summed E-state index contributed by atoms with van der Waals surface area (Å²) in [6, 6.07) is 0. The molecule has 280 valence electrons. The van der Waals surface area contributed by atoms with Crippen molar-refractivity contribution in [2.75, 3.05) is 0 Å². The third-order valence-electron chi connectivity index (χ3n) is 12.2. The fourth-order valence-electron chi connectivity index (χ4n) is 9.33. The maximum atomic E-state index is 2.59. The van der Waals surface area contributed by atoms with Gasteiger partial charge in [-0.05, 0) is 95.1 Å². The first-order valence-corrected chi connectivity index (χ1v) is 25.2. The van der Waals surface area contributed by atoms with Crippen molar-refractivity contribution >= 4 is 107 Å². The Kier molecular flexibility index (Phi) is 13.9. The van der Waals surface area contributed by atoms with Crippen LogP contribution in [0.5, 0.6) is 0 Å². The number of benzene rings is 2. The largest absolute Gasteiger partial charge is 0.143 e. The Morgan fingerprint density at radius 2 is 0.500 bits per heavy atom. The fourth-order valence-corrected chi connectivity index (χ4v) is 14.0. The average molecular weight is 769 g/mol. The molecule has 0 unspecified atom stereocenters. The number of hydrogen-bond acceptors (Lipinski definition) is 4. The van der Waals surface area contributed by atoms with Crippen molar-refractivity contribution in [2.24, 2.45) is 0 Å². The zero-order chi connectivity index (χ0) is 35.9. The van der Waals surface area contributed by atoms with Crippen molar-refractivity contribution in [2.45, 2.75) is 182 Å². The topological polar surface area (TPSA) is 0 Å². The second kappa shape index (κ2) is 18.7. The van der Waals surface area contributed by atoms with Gasteiger partial charge < -0.3 is 0 Å². The summed E-state index contributed by atoms with van der Waals surface area (Å²) in [5, 5.41) is 22.9. The Bertz CT molecular complexity index is 1850. The van der Waals surface area contributed by atoms with Crippen LogP contribution in [0.2, 0.25) is 0 Å². The van der Waals surface area contributed by atoms with Gasteiger partial charge in [0, 0.05) is 61.9 Å². The zero-order valence-corrected chi connectivity index (χ0v) is 36.2. The highest BCUT2D eigenvalue weighted by atomic mass is 32.1. The van der Waals surface area contributed by atoms with Gasteiger partial charge in [-0.15, -0.1) is 45.3 Å². The molecule has 0 spiro atoms. The summed E-state index contributed by atoms with van der Waals surface area (Å²) in [5.74, 6) is 0. The number of aryl methyl sites for hydroxylation is 4. The lowest BCUT2D eigenvalue weighted by molar-refractivity contribution is 0.623. The molecule has 7 aromatic rings. The highest BCUT2D eigenvalue weighted by Gasteiger charge is 2.26. The predicted molar refractivity (Wildman–Crippen MR) is 244 cm³/mol. The van der Waals surface area contributed by atoms with Crippen LogP contribution >= 0.6 is 45.3 Å². The van der Waals surface area contributed by atoms with Crippen molar-refractivity contribution in [1.29, 1.82) is 0 Å². The first-order valence-electron chi connectivity index (χ1n) is 21.7. The normalized spacial score (nSPS) is 12.5. The van der Waals surface area contributed by atoms with Crippen LogP contribution in [-0.2, 0) is 25.7 Å². The molecule has 4 aromatic heterocycles. The van der Waals surface area contributed by atoms with E-state index in [4.69, 9.17) is 0 Å². The number of rotatable bonds is 24. The maximum Gasteiger partial charge on any atom is 0.0391 e. The molecule has 4 heterocycles. The van der Waals surface area contributed by atoms with E-state index in [-0.39, 0.29) is 0 Å². The van der Waals surface area contributed by atoms with E-state index in [2.05, 4.69) is 94.6 Å². The van der Waals surface area contributed by atoms with Gasteiger partial charge in [0.2, 0.25) is 0 Å². The van der Waals surface area contributed by atoms with Gasteiger partial charge in [-0.1, -0.05) is 130 Å². The molecule has 0 nitrogen and oxygen atoms in total. The summed E-state index contributed by atoms with van der Waals surface area (Å²) in [7, 11) is 0. The van der Waals surface area contributed by atoms with E-state index >= 15 is 0 Å². The fraction of sp³-hybridized carbons (Fsp3) is 0.583. The van der Waals surface area contributed by atoms with Crippen molar-refractivity contribution in [1.82, 2.24) is 0 Å². The molecule has 0 amide bonds. The summed E-state index contributed by atoms with van der Waals surface area (Å²) in [6.45, 7) is 9.36. The Labute approximate surface area is 330 Å². The van der Waals surface area contributed by atoms with E-state index in [0.29, 0.717) is 0 Å². The van der Waals surface area contributed by atoms with Crippen LogP contribution in [0.4, 0.5) is 0 Å². The molecule has 7 rings (SSSR count). The highest BCUT2D eigenvalue weighted by molar-refractivity contribution is 7.22. The number of fused-ring (bicyclic) bond motifs is 2. The van der Waals surface area contributed by atoms with Crippen LogP contribution < -0.4 is 0 Å². The standard InChI is InChI=1S/C48H64S4/c1-5-9-13-17-21-25-33-34(26-22-18-14-10-6-2)46-42-39(30-50-46)40-32-52-48-36(28-24-20-16-12-8-4)35(27-23-19-15-11-7-3)47-43(44(40)48)38(31-51-47)37-29-49-45(33)41(37)42/h29-32H,5-28H2,1-4H3. The van der Waals surface area contributed by atoms with Crippen LogP contribution in [0, 0.1) is 0 Å². The van der Waals surface area contributed by atoms with Crippen LogP contribution in [0.25, 0.3) is 61.9 Å².